The molecule has 2 aliphatic rings. The molecular weight excluding hydrogens is 466 g/mol. The minimum atomic E-state index is -0.257. The number of benzene rings is 2. The lowest BCUT2D eigenvalue weighted by atomic mass is 9.91. The van der Waals surface area contributed by atoms with E-state index in [1.807, 2.05) is 42.2 Å². The molecule has 2 atom stereocenters. The summed E-state index contributed by atoms with van der Waals surface area (Å²) in [5.74, 6) is 0.271. The minimum Gasteiger partial charge on any atom is -0.466 e. The number of hydrogen-bond acceptors (Lipinski definition) is 6. The molecule has 2 aromatic carbocycles. The van der Waals surface area contributed by atoms with Crippen molar-refractivity contribution >= 4 is 17.7 Å². The Morgan fingerprint density at radius 3 is 2.41 bits per heavy atom. The lowest BCUT2D eigenvalue weighted by molar-refractivity contribution is -0.144. The summed E-state index contributed by atoms with van der Waals surface area (Å²) >= 11 is 0. The van der Waals surface area contributed by atoms with Gasteiger partial charge < -0.3 is 19.3 Å². The third-order valence-electron chi connectivity index (χ3n) is 7.60. The Hall–Kier alpha value is -3.06. The van der Waals surface area contributed by atoms with Crippen molar-refractivity contribution in [2.45, 2.75) is 58.6 Å². The first kappa shape index (κ1) is 27.0. The highest BCUT2D eigenvalue weighted by molar-refractivity contribution is 5.70. The first-order chi connectivity index (χ1) is 18.0. The van der Waals surface area contributed by atoms with Crippen molar-refractivity contribution in [2.24, 2.45) is 0 Å². The molecule has 0 N–H and O–H groups in total. The second kappa shape index (κ2) is 13.0. The van der Waals surface area contributed by atoms with Crippen LogP contribution in [-0.4, -0.2) is 67.7 Å². The van der Waals surface area contributed by atoms with Crippen molar-refractivity contribution in [1.29, 1.82) is 0 Å². The number of piperazine rings is 1. The zero-order valence-electron chi connectivity index (χ0n) is 22.5. The highest BCUT2D eigenvalue weighted by atomic mass is 16.6. The van der Waals surface area contributed by atoms with Crippen LogP contribution in [0.25, 0.3) is 0 Å². The third kappa shape index (κ3) is 7.04. The van der Waals surface area contributed by atoms with Crippen molar-refractivity contribution in [2.75, 3.05) is 50.8 Å². The van der Waals surface area contributed by atoms with Crippen LogP contribution in [-0.2, 0) is 20.9 Å². The number of nitrogens with zero attached hydrogens (tertiary/aromatic N) is 3. The molecule has 2 heterocycles. The molecule has 0 aromatic heterocycles. The monoisotopic (exact) mass is 507 g/mol. The van der Waals surface area contributed by atoms with Gasteiger partial charge in [0.15, 0.2) is 0 Å². The Balaban J connectivity index is 1.38. The smallest absolute Gasteiger partial charge is 0.410 e. The maximum absolute atomic E-state index is 13.1. The van der Waals surface area contributed by atoms with Gasteiger partial charge in [0, 0.05) is 45.0 Å². The molecule has 2 aliphatic heterocycles. The van der Waals surface area contributed by atoms with Crippen LogP contribution in [0.2, 0.25) is 0 Å². The van der Waals surface area contributed by atoms with Gasteiger partial charge in [0.1, 0.15) is 6.61 Å². The van der Waals surface area contributed by atoms with Gasteiger partial charge in [-0.3, -0.25) is 9.69 Å². The number of carbonyl (C=O) groups is 2. The summed E-state index contributed by atoms with van der Waals surface area (Å²) in [5, 5.41) is 0. The minimum absolute atomic E-state index is 0.0569. The van der Waals surface area contributed by atoms with Crippen LogP contribution in [0.3, 0.4) is 0 Å². The normalized spacial score (nSPS) is 20.2. The SMILES string of the molecule is CCCOC(=O)CCN1CCN(c2ccc3c(c2)[C@@H](C)N(C(=O)OCc2ccccc2)CC[C@@H]3C)CC1. The number of amides is 1. The zero-order valence-corrected chi connectivity index (χ0v) is 22.5. The Kier molecular flexibility index (Phi) is 9.45. The average molecular weight is 508 g/mol. The van der Waals surface area contributed by atoms with Crippen molar-refractivity contribution < 1.29 is 19.1 Å². The van der Waals surface area contributed by atoms with E-state index in [-0.39, 0.29) is 24.7 Å². The Labute approximate surface area is 221 Å². The fraction of sp³-hybridized carbons (Fsp3) is 0.533. The molecule has 200 valence electrons. The van der Waals surface area contributed by atoms with Gasteiger partial charge >= 0.3 is 12.1 Å². The largest absolute Gasteiger partial charge is 0.466 e. The summed E-state index contributed by atoms with van der Waals surface area (Å²) in [4.78, 5) is 31.6. The van der Waals surface area contributed by atoms with Gasteiger partial charge in [0.25, 0.3) is 0 Å². The second-order valence-corrected chi connectivity index (χ2v) is 10.2. The van der Waals surface area contributed by atoms with E-state index in [2.05, 4.69) is 41.8 Å². The number of carbonyl (C=O) groups excluding carboxylic acids is 2. The van der Waals surface area contributed by atoms with Crippen LogP contribution < -0.4 is 4.90 Å². The van der Waals surface area contributed by atoms with Gasteiger partial charge in [-0.2, -0.15) is 0 Å². The summed E-state index contributed by atoms with van der Waals surface area (Å²) in [6, 6.07) is 16.5. The molecule has 1 saturated heterocycles. The Morgan fingerprint density at radius 2 is 1.68 bits per heavy atom. The Bertz CT molecular complexity index is 1040. The first-order valence-electron chi connectivity index (χ1n) is 13.7. The van der Waals surface area contributed by atoms with E-state index in [4.69, 9.17) is 9.47 Å². The number of fused-ring (bicyclic) bond motifs is 1. The van der Waals surface area contributed by atoms with E-state index in [0.717, 1.165) is 51.1 Å². The molecule has 0 saturated carbocycles. The van der Waals surface area contributed by atoms with Gasteiger partial charge in [-0.25, -0.2) is 4.79 Å². The third-order valence-corrected chi connectivity index (χ3v) is 7.60. The summed E-state index contributed by atoms with van der Waals surface area (Å²) in [6.45, 7) is 12.2. The molecule has 1 amide bonds. The molecule has 1 fully saturated rings. The van der Waals surface area contributed by atoms with Crippen LogP contribution >= 0.6 is 0 Å². The number of anilines is 1. The van der Waals surface area contributed by atoms with Crippen molar-refractivity contribution in [3.8, 4) is 0 Å². The van der Waals surface area contributed by atoms with Crippen LogP contribution in [0.5, 0.6) is 0 Å². The molecule has 4 rings (SSSR count). The standard InChI is InChI=1S/C30H41N3O4/c1-4-20-36-29(34)13-14-31-16-18-32(19-17-31)26-10-11-27-23(2)12-15-33(24(3)28(27)21-26)30(35)37-22-25-8-6-5-7-9-25/h5-11,21,23-24H,4,12-20,22H2,1-3H3/t23-,24+/m0/s1. The number of esters is 1. The van der Waals surface area contributed by atoms with Crippen molar-refractivity contribution in [1.82, 2.24) is 9.80 Å². The highest BCUT2D eigenvalue weighted by Gasteiger charge is 2.30. The first-order valence-corrected chi connectivity index (χ1v) is 13.7. The average Bonchev–Trinajstić information content (AvgIpc) is 3.06. The summed E-state index contributed by atoms with van der Waals surface area (Å²) in [6.07, 6.45) is 1.96. The Morgan fingerprint density at radius 1 is 0.919 bits per heavy atom. The molecule has 0 aliphatic carbocycles. The molecule has 0 unspecified atom stereocenters. The molecule has 37 heavy (non-hydrogen) atoms. The predicted octanol–water partition coefficient (Wildman–Crippen LogP) is 5.36. The predicted molar refractivity (Wildman–Crippen MR) is 146 cm³/mol. The lowest BCUT2D eigenvalue weighted by Gasteiger charge is -2.36. The topological polar surface area (TPSA) is 62.3 Å². The molecule has 0 radical (unpaired) electrons. The van der Waals surface area contributed by atoms with Crippen LogP contribution in [0.15, 0.2) is 48.5 Å². The van der Waals surface area contributed by atoms with Gasteiger partial charge in [-0.05, 0) is 54.5 Å². The summed E-state index contributed by atoms with van der Waals surface area (Å²) in [5.41, 5.74) is 4.71. The van der Waals surface area contributed by atoms with E-state index in [1.54, 1.807) is 0 Å². The van der Waals surface area contributed by atoms with Crippen molar-refractivity contribution in [3.63, 3.8) is 0 Å². The van der Waals surface area contributed by atoms with Crippen LogP contribution in [0.4, 0.5) is 10.5 Å². The van der Waals surface area contributed by atoms with Crippen LogP contribution in [0, 0.1) is 0 Å². The number of rotatable bonds is 8. The van der Waals surface area contributed by atoms with E-state index in [9.17, 15) is 9.59 Å². The number of ether oxygens (including phenoxy) is 2. The lowest BCUT2D eigenvalue weighted by Crippen LogP contribution is -2.47. The maximum Gasteiger partial charge on any atom is 0.410 e. The maximum atomic E-state index is 13.1. The quantitative estimate of drug-likeness (QED) is 0.449. The van der Waals surface area contributed by atoms with E-state index >= 15 is 0 Å². The summed E-state index contributed by atoms with van der Waals surface area (Å²) in [7, 11) is 0. The van der Waals surface area contributed by atoms with Gasteiger partial charge in [0.2, 0.25) is 0 Å². The van der Waals surface area contributed by atoms with E-state index in [0.29, 0.717) is 25.5 Å². The molecular formula is C30H41N3O4. The fourth-order valence-electron chi connectivity index (χ4n) is 5.24. The number of hydrogen-bond donors (Lipinski definition) is 0. The van der Waals surface area contributed by atoms with E-state index in [1.165, 1.54) is 16.8 Å². The molecule has 0 bridgehead atoms. The molecule has 7 heteroatoms. The zero-order chi connectivity index (χ0) is 26.2. The summed E-state index contributed by atoms with van der Waals surface area (Å²) < 4.78 is 10.9. The van der Waals surface area contributed by atoms with E-state index < -0.39 is 0 Å². The van der Waals surface area contributed by atoms with Crippen molar-refractivity contribution in [3.05, 3.63) is 65.2 Å². The molecule has 0 spiro atoms. The highest BCUT2D eigenvalue weighted by Crippen LogP contribution is 2.37. The van der Waals surface area contributed by atoms with Crippen LogP contribution in [0.1, 0.15) is 68.7 Å². The molecule has 2 aromatic rings. The van der Waals surface area contributed by atoms with Gasteiger partial charge in [-0.1, -0.05) is 50.2 Å². The van der Waals surface area contributed by atoms with Gasteiger partial charge in [0.05, 0.1) is 19.1 Å². The van der Waals surface area contributed by atoms with Gasteiger partial charge in [-0.15, -0.1) is 0 Å². The second-order valence-electron chi connectivity index (χ2n) is 10.2. The molecule has 7 nitrogen and oxygen atoms in total. The fourth-order valence-corrected chi connectivity index (χ4v) is 5.24.